The van der Waals surface area contributed by atoms with Crippen LogP contribution in [0.3, 0.4) is 0 Å². The normalized spacial score (nSPS) is 21.4. The number of halogens is 1. The molecule has 1 saturated heterocycles. The van der Waals surface area contributed by atoms with Crippen LogP contribution in [-0.4, -0.2) is 44.1 Å². The first kappa shape index (κ1) is 15.0. The van der Waals surface area contributed by atoms with Crippen molar-refractivity contribution in [2.45, 2.75) is 19.4 Å². The molecular weight excluding hydrogens is 309 g/mol. The van der Waals surface area contributed by atoms with Gasteiger partial charge in [0, 0.05) is 13.1 Å². The van der Waals surface area contributed by atoms with Gasteiger partial charge in [-0.05, 0) is 36.6 Å². The van der Waals surface area contributed by atoms with E-state index in [0.29, 0.717) is 23.6 Å². The second-order valence-electron chi connectivity index (χ2n) is 6.24. The number of hydrogen-bond acceptors (Lipinski definition) is 5. The summed E-state index contributed by atoms with van der Waals surface area (Å²) in [6.45, 7) is 3.42. The molecule has 1 N–H and O–H groups in total. The second kappa shape index (κ2) is 5.83. The molecular formula is C17H18FN5O. The van der Waals surface area contributed by atoms with Gasteiger partial charge in [-0.3, -0.25) is 0 Å². The monoisotopic (exact) mass is 327 g/mol. The number of benzene rings is 1. The molecule has 2 aromatic heterocycles. The average Bonchev–Trinajstić information content (AvgIpc) is 3.01. The summed E-state index contributed by atoms with van der Waals surface area (Å²) in [5.41, 5.74) is 0.921. The molecule has 1 aliphatic rings. The van der Waals surface area contributed by atoms with Crippen LogP contribution in [0.4, 0.5) is 10.2 Å². The predicted octanol–water partition coefficient (Wildman–Crippen LogP) is 2.14. The Balaban J connectivity index is 1.75. The van der Waals surface area contributed by atoms with E-state index >= 15 is 0 Å². The molecule has 1 aliphatic heterocycles. The molecule has 6 nitrogen and oxygen atoms in total. The Kier molecular flexibility index (Phi) is 3.65. The predicted molar refractivity (Wildman–Crippen MR) is 88.2 cm³/mol. The summed E-state index contributed by atoms with van der Waals surface area (Å²) in [7, 11) is 0. The van der Waals surface area contributed by atoms with Crippen molar-refractivity contribution in [3.63, 3.8) is 0 Å². The van der Waals surface area contributed by atoms with Crippen LogP contribution in [-0.2, 0) is 0 Å². The Morgan fingerprint density at radius 1 is 1.17 bits per heavy atom. The molecule has 0 radical (unpaired) electrons. The van der Waals surface area contributed by atoms with Gasteiger partial charge in [0.15, 0.2) is 11.5 Å². The molecule has 1 aromatic carbocycles. The third-order valence-corrected chi connectivity index (χ3v) is 4.61. The maximum absolute atomic E-state index is 14.1. The smallest absolute Gasteiger partial charge is 0.188 e. The van der Waals surface area contributed by atoms with Crippen molar-refractivity contribution in [2.24, 2.45) is 5.92 Å². The summed E-state index contributed by atoms with van der Waals surface area (Å²) < 4.78 is 15.6. The van der Waals surface area contributed by atoms with Gasteiger partial charge in [0.1, 0.15) is 11.6 Å². The lowest BCUT2D eigenvalue weighted by molar-refractivity contribution is 0.102. The summed E-state index contributed by atoms with van der Waals surface area (Å²) in [6.07, 6.45) is 0.534. The highest BCUT2D eigenvalue weighted by molar-refractivity contribution is 5.60. The lowest BCUT2D eigenvalue weighted by Crippen LogP contribution is -2.43. The quantitative estimate of drug-likeness (QED) is 0.781. The van der Waals surface area contributed by atoms with E-state index < -0.39 is 0 Å². The van der Waals surface area contributed by atoms with Crippen molar-refractivity contribution in [1.29, 1.82) is 0 Å². The minimum atomic E-state index is -0.372. The summed E-state index contributed by atoms with van der Waals surface area (Å²) >= 11 is 0. The van der Waals surface area contributed by atoms with Gasteiger partial charge in [0.2, 0.25) is 0 Å². The molecule has 7 heteroatoms. The standard InChI is InChI=1S/C17H18FN5O/c1-11-8-9-22(10-14(11)24)16-7-6-15-19-20-17(23(15)21-16)12-4-2-3-5-13(12)18/h2-7,11,14,24H,8-10H2,1H3. The molecule has 0 spiro atoms. The molecule has 2 atom stereocenters. The van der Waals surface area contributed by atoms with Crippen LogP contribution in [0.15, 0.2) is 36.4 Å². The van der Waals surface area contributed by atoms with E-state index in [1.807, 2.05) is 17.0 Å². The summed E-state index contributed by atoms with van der Waals surface area (Å²) in [5, 5.41) is 22.8. The van der Waals surface area contributed by atoms with E-state index in [-0.39, 0.29) is 17.8 Å². The molecule has 2 unspecified atom stereocenters. The van der Waals surface area contributed by atoms with E-state index in [4.69, 9.17) is 0 Å². The van der Waals surface area contributed by atoms with E-state index in [2.05, 4.69) is 22.2 Å². The minimum Gasteiger partial charge on any atom is -0.391 e. The molecule has 0 saturated carbocycles. The van der Waals surface area contributed by atoms with Crippen molar-refractivity contribution < 1.29 is 9.50 Å². The molecule has 1 fully saturated rings. The molecule has 0 amide bonds. The first-order valence-electron chi connectivity index (χ1n) is 8.04. The number of aliphatic hydroxyl groups is 1. The van der Waals surface area contributed by atoms with Gasteiger partial charge in [0.25, 0.3) is 0 Å². The number of anilines is 1. The number of piperidine rings is 1. The molecule has 124 valence electrons. The van der Waals surface area contributed by atoms with Gasteiger partial charge in [-0.1, -0.05) is 19.1 Å². The SMILES string of the molecule is CC1CCN(c2ccc3nnc(-c4ccccc4F)n3n2)CC1O. The number of nitrogens with zero attached hydrogens (tertiary/aromatic N) is 5. The highest BCUT2D eigenvalue weighted by Crippen LogP contribution is 2.24. The van der Waals surface area contributed by atoms with Gasteiger partial charge in [-0.15, -0.1) is 15.3 Å². The molecule has 0 bridgehead atoms. The van der Waals surface area contributed by atoms with Crippen LogP contribution < -0.4 is 4.90 Å². The number of hydrogen-bond donors (Lipinski definition) is 1. The van der Waals surface area contributed by atoms with Crippen molar-refractivity contribution in [2.75, 3.05) is 18.0 Å². The van der Waals surface area contributed by atoms with Crippen LogP contribution in [0.1, 0.15) is 13.3 Å². The van der Waals surface area contributed by atoms with E-state index in [1.165, 1.54) is 6.07 Å². The van der Waals surface area contributed by atoms with Crippen molar-refractivity contribution in [3.05, 3.63) is 42.2 Å². The lowest BCUT2D eigenvalue weighted by Gasteiger charge is -2.34. The van der Waals surface area contributed by atoms with E-state index in [0.717, 1.165) is 18.8 Å². The summed E-state index contributed by atoms with van der Waals surface area (Å²) in [6, 6.07) is 10.1. The maximum Gasteiger partial charge on any atom is 0.188 e. The largest absolute Gasteiger partial charge is 0.391 e. The Hall–Kier alpha value is -2.54. The Bertz CT molecular complexity index is 880. The number of β-amino-alcohol motifs (C(OH)–C–C–N with tert-alkyl or cyclic N) is 1. The van der Waals surface area contributed by atoms with Crippen molar-refractivity contribution in [1.82, 2.24) is 19.8 Å². The first-order chi connectivity index (χ1) is 11.6. The molecule has 0 aliphatic carbocycles. The van der Waals surface area contributed by atoms with E-state index in [9.17, 15) is 9.50 Å². The molecule has 3 aromatic rings. The fraction of sp³-hybridized carbons (Fsp3) is 0.353. The fourth-order valence-corrected chi connectivity index (χ4v) is 3.02. The zero-order chi connectivity index (χ0) is 16.7. The van der Waals surface area contributed by atoms with Crippen LogP contribution in [0, 0.1) is 11.7 Å². The average molecular weight is 327 g/mol. The number of rotatable bonds is 2. The molecule has 24 heavy (non-hydrogen) atoms. The van der Waals surface area contributed by atoms with Gasteiger partial charge < -0.3 is 10.0 Å². The van der Waals surface area contributed by atoms with Crippen molar-refractivity contribution in [3.8, 4) is 11.4 Å². The second-order valence-corrected chi connectivity index (χ2v) is 6.24. The fourth-order valence-electron chi connectivity index (χ4n) is 3.02. The zero-order valence-corrected chi connectivity index (χ0v) is 13.3. The lowest BCUT2D eigenvalue weighted by atomic mass is 9.96. The Morgan fingerprint density at radius 3 is 2.79 bits per heavy atom. The number of aromatic nitrogens is 4. The number of fused-ring (bicyclic) bond motifs is 1. The third-order valence-electron chi connectivity index (χ3n) is 4.61. The maximum atomic E-state index is 14.1. The van der Waals surface area contributed by atoms with Crippen LogP contribution >= 0.6 is 0 Å². The van der Waals surface area contributed by atoms with Gasteiger partial charge in [0.05, 0.1) is 11.7 Å². The highest BCUT2D eigenvalue weighted by atomic mass is 19.1. The van der Waals surface area contributed by atoms with Gasteiger partial charge in [-0.2, -0.15) is 4.52 Å². The first-order valence-corrected chi connectivity index (χ1v) is 8.04. The third kappa shape index (κ3) is 2.50. The molecule has 4 rings (SSSR count). The summed E-state index contributed by atoms with van der Waals surface area (Å²) in [4.78, 5) is 2.04. The van der Waals surface area contributed by atoms with Crippen LogP contribution in [0.25, 0.3) is 17.0 Å². The van der Waals surface area contributed by atoms with Crippen LogP contribution in [0.2, 0.25) is 0 Å². The van der Waals surface area contributed by atoms with E-state index in [1.54, 1.807) is 22.7 Å². The van der Waals surface area contributed by atoms with Crippen LogP contribution in [0.5, 0.6) is 0 Å². The summed E-state index contributed by atoms with van der Waals surface area (Å²) in [5.74, 6) is 1.02. The molecule has 3 heterocycles. The van der Waals surface area contributed by atoms with Crippen molar-refractivity contribution >= 4 is 11.5 Å². The Labute approximate surface area is 138 Å². The number of aliphatic hydroxyl groups excluding tert-OH is 1. The topological polar surface area (TPSA) is 66.6 Å². The zero-order valence-electron chi connectivity index (χ0n) is 13.3. The Morgan fingerprint density at radius 2 is 2.00 bits per heavy atom. The minimum absolute atomic E-state index is 0.286. The highest BCUT2D eigenvalue weighted by Gasteiger charge is 2.25. The van der Waals surface area contributed by atoms with Gasteiger partial charge in [-0.25, -0.2) is 4.39 Å². The van der Waals surface area contributed by atoms with Gasteiger partial charge >= 0.3 is 0 Å².